The van der Waals surface area contributed by atoms with Gasteiger partial charge in [0, 0.05) is 20.4 Å². The largest absolute Gasteiger partial charge is 0.489 e. The fraction of sp³-hybridized carbons (Fsp3) is 0.0714. The summed E-state index contributed by atoms with van der Waals surface area (Å²) in [5, 5.41) is 0. The van der Waals surface area contributed by atoms with Crippen LogP contribution < -0.4 is 16.2 Å². The summed E-state index contributed by atoms with van der Waals surface area (Å²) in [6.07, 6.45) is 0. The van der Waals surface area contributed by atoms with Gasteiger partial charge < -0.3 is 16.2 Å². The number of hydrogen-bond acceptors (Lipinski definition) is 3. The maximum absolute atomic E-state index is 11.0. The molecule has 2 rings (SSSR count). The van der Waals surface area contributed by atoms with E-state index in [0.717, 1.165) is 14.9 Å². The molecule has 19 heavy (non-hydrogen) atoms. The molecular formula is C14H13IN2O2. The zero-order valence-electron chi connectivity index (χ0n) is 10.1. The maximum Gasteiger partial charge on any atom is 0.248 e. The van der Waals surface area contributed by atoms with Gasteiger partial charge >= 0.3 is 0 Å². The number of anilines is 1. The number of ether oxygens (including phenoxy) is 1. The van der Waals surface area contributed by atoms with Crippen molar-refractivity contribution in [3.8, 4) is 5.75 Å². The van der Waals surface area contributed by atoms with E-state index in [2.05, 4.69) is 22.6 Å². The zero-order chi connectivity index (χ0) is 13.8. The summed E-state index contributed by atoms with van der Waals surface area (Å²) in [6.45, 7) is 0.353. The molecule has 2 aromatic carbocycles. The van der Waals surface area contributed by atoms with Gasteiger partial charge in [-0.3, -0.25) is 4.79 Å². The van der Waals surface area contributed by atoms with Crippen LogP contribution in [0.15, 0.2) is 42.5 Å². The number of rotatable bonds is 4. The van der Waals surface area contributed by atoms with Gasteiger partial charge in [-0.05, 0) is 59.0 Å². The van der Waals surface area contributed by atoms with Crippen molar-refractivity contribution in [1.29, 1.82) is 0 Å². The fourth-order valence-electron chi connectivity index (χ4n) is 1.57. The number of carbonyl (C=O) groups excluding carboxylic acids is 1. The molecule has 0 spiro atoms. The molecule has 0 fully saturated rings. The molecule has 5 heteroatoms. The van der Waals surface area contributed by atoms with E-state index in [4.69, 9.17) is 16.2 Å². The van der Waals surface area contributed by atoms with Crippen LogP contribution in [0.1, 0.15) is 15.9 Å². The van der Waals surface area contributed by atoms with Gasteiger partial charge in [-0.2, -0.15) is 0 Å². The van der Waals surface area contributed by atoms with Crippen LogP contribution in [-0.2, 0) is 6.61 Å². The average molecular weight is 368 g/mol. The number of carbonyl (C=O) groups is 1. The first-order valence-electron chi connectivity index (χ1n) is 5.63. The lowest BCUT2D eigenvalue weighted by Crippen LogP contribution is -2.12. The predicted octanol–water partition coefficient (Wildman–Crippen LogP) is 2.55. The number of primary amides is 1. The normalized spacial score (nSPS) is 10.2. The van der Waals surface area contributed by atoms with E-state index in [1.54, 1.807) is 18.2 Å². The molecule has 0 saturated carbocycles. The summed E-state index contributed by atoms with van der Waals surface area (Å²) in [7, 11) is 0. The fourth-order valence-corrected chi connectivity index (χ4v) is 1.93. The molecule has 98 valence electrons. The monoisotopic (exact) mass is 368 g/mol. The zero-order valence-corrected chi connectivity index (χ0v) is 12.3. The molecule has 0 aliphatic heterocycles. The van der Waals surface area contributed by atoms with E-state index >= 15 is 0 Å². The van der Waals surface area contributed by atoms with Gasteiger partial charge in [0.15, 0.2) is 0 Å². The third-order valence-electron chi connectivity index (χ3n) is 2.64. The molecule has 0 bridgehead atoms. The lowest BCUT2D eigenvalue weighted by molar-refractivity contribution is 0.100. The third-order valence-corrected chi connectivity index (χ3v) is 3.36. The van der Waals surface area contributed by atoms with E-state index in [9.17, 15) is 4.79 Å². The molecule has 4 N–H and O–H groups in total. The highest BCUT2D eigenvalue weighted by Crippen LogP contribution is 2.19. The molecular weight excluding hydrogens is 355 g/mol. The first-order chi connectivity index (χ1) is 9.06. The first-order valence-corrected chi connectivity index (χ1v) is 6.70. The second-order valence-corrected chi connectivity index (χ2v) is 5.27. The SMILES string of the molecule is NC(=O)c1ccc(COc2ccc(I)cc2)c(N)c1. The van der Waals surface area contributed by atoms with Crippen molar-refractivity contribution in [3.63, 3.8) is 0 Å². The molecule has 1 amide bonds. The highest BCUT2D eigenvalue weighted by molar-refractivity contribution is 14.1. The van der Waals surface area contributed by atoms with Gasteiger partial charge in [-0.25, -0.2) is 0 Å². The number of hydrogen-bond donors (Lipinski definition) is 2. The van der Waals surface area contributed by atoms with Crippen LogP contribution in [0.3, 0.4) is 0 Å². The van der Waals surface area contributed by atoms with E-state index in [1.165, 1.54) is 0 Å². The van der Waals surface area contributed by atoms with Crippen LogP contribution in [0, 0.1) is 3.57 Å². The quantitative estimate of drug-likeness (QED) is 0.643. The summed E-state index contributed by atoms with van der Waals surface area (Å²) in [5.74, 6) is 0.288. The summed E-state index contributed by atoms with van der Waals surface area (Å²) in [5.41, 5.74) is 12.8. The number of benzene rings is 2. The Labute approximate surface area is 124 Å². The lowest BCUT2D eigenvalue weighted by atomic mass is 10.1. The van der Waals surface area contributed by atoms with Gasteiger partial charge in [-0.15, -0.1) is 0 Å². The molecule has 0 atom stereocenters. The Kier molecular flexibility index (Phi) is 4.26. The van der Waals surface area contributed by atoms with Gasteiger partial charge in [0.1, 0.15) is 12.4 Å². The van der Waals surface area contributed by atoms with E-state index in [0.29, 0.717) is 17.9 Å². The molecule has 2 aromatic rings. The predicted molar refractivity (Wildman–Crippen MR) is 82.9 cm³/mol. The summed E-state index contributed by atoms with van der Waals surface area (Å²) >= 11 is 2.23. The summed E-state index contributed by atoms with van der Waals surface area (Å²) < 4.78 is 6.78. The highest BCUT2D eigenvalue weighted by Gasteiger charge is 2.05. The Morgan fingerprint density at radius 1 is 1.16 bits per heavy atom. The summed E-state index contributed by atoms with van der Waals surface area (Å²) in [4.78, 5) is 11.0. The molecule has 0 saturated heterocycles. The lowest BCUT2D eigenvalue weighted by Gasteiger charge is -2.09. The topological polar surface area (TPSA) is 78.3 Å². The Morgan fingerprint density at radius 2 is 1.84 bits per heavy atom. The third kappa shape index (κ3) is 3.60. The Morgan fingerprint density at radius 3 is 2.42 bits per heavy atom. The van der Waals surface area contributed by atoms with Crippen LogP contribution >= 0.6 is 22.6 Å². The van der Waals surface area contributed by atoms with E-state index in [-0.39, 0.29) is 0 Å². The average Bonchev–Trinajstić information content (AvgIpc) is 2.39. The highest BCUT2D eigenvalue weighted by atomic mass is 127. The molecule has 4 nitrogen and oxygen atoms in total. The second kappa shape index (κ2) is 5.92. The van der Waals surface area contributed by atoms with Gasteiger partial charge in [0.25, 0.3) is 0 Å². The number of amides is 1. The van der Waals surface area contributed by atoms with Crippen LogP contribution in [0.25, 0.3) is 0 Å². The molecule has 0 radical (unpaired) electrons. The van der Waals surface area contributed by atoms with Gasteiger partial charge in [0.05, 0.1) is 0 Å². The second-order valence-electron chi connectivity index (χ2n) is 4.02. The molecule has 0 aliphatic carbocycles. The van der Waals surface area contributed by atoms with Crippen molar-refractivity contribution in [2.24, 2.45) is 5.73 Å². The number of nitrogens with two attached hydrogens (primary N) is 2. The van der Waals surface area contributed by atoms with Crippen LogP contribution in [-0.4, -0.2) is 5.91 Å². The van der Waals surface area contributed by atoms with Gasteiger partial charge in [0.2, 0.25) is 5.91 Å². The summed E-state index contributed by atoms with van der Waals surface area (Å²) in [6, 6.07) is 12.7. The number of nitrogen functional groups attached to an aromatic ring is 1. The van der Waals surface area contributed by atoms with Crippen molar-refractivity contribution < 1.29 is 9.53 Å². The van der Waals surface area contributed by atoms with Crippen LogP contribution in [0.5, 0.6) is 5.75 Å². The van der Waals surface area contributed by atoms with Crippen LogP contribution in [0.2, 0.25) is 0 Å². The van der Waals surface area contributed by atoms with Crippen molar-refractivity contribution in [2.75, 3.05) is 5.73 Å². The Balaban J connectivity index is 2.07. The van der Waals surface area contributed by atoms with Crippen molar-refractivity contribution in [2.45, 2.75) is 6.61 Å². The maximum atomic E-state index is 11.0. The molecule has 0 unspecified atom stereocenters. The van der Waals surface area contributed by atoms with E-state index in [1.807, 2.05) is 24.3 Å². The molecule has 0 aliphatic rings. The minimum Gasteiger partial charge on any atom is -0.489 e. The van der Waals surface area contributed by atoms with E-state index < -0.39 is 5.91 Å². The standard InChI is InChI=1S/C14H13IN2O2/c15-11-3-5-12(6-4-11)19-8-10-2-1-9(14(17)18)7-13(10)16/h1-7H,8,16H2,(H2,17,18). The Bertz CT molecular complexity index is 597. The number of halogens is 1. The molecule has 0 heterocycles. The van der Waals surface area contributed by atoms with Gasteiger partial charge in [-0.1, -0.05) is 6.07 Å². The minimum absolute atomic E-state index is 0.353. The van der Waals surface area contributed by atoms with Crippen molar-refractivity contribution in [3.05, 3.63) is 57.2 Å². The smallest absolute Gasteiger partial charge is 0.248 e. The van der Waals surface area contributed by atoms with Crippen molar-refractivity contribution >= 4 is 34.2 Å². The Hall–Kier alpha value is -1.76. The van der Waals surface area contributed by atoms with Crippen molar-refractivity contribution in [1.82, 2.24) is 0 Å². The molecule has 0 aromatic heterocycles. The van der Waals surface area contributed by atoms with Crippen LogP contribution in [0.4, 0.5) is 5.69 Å². The minimum atomic E-state index is -0.489. The first kappa shape index (κ1) is 13.7.